The van der Waals surface area contributed by atoms with Crippen LogP contribution in [0.3, 0.4) is 0 Å². The summed E-state index contributed by atoms with van der Waals surface area (Å²) in [6.07, 6.45) is -0.431. The third kappa shape index (κ3) is 3.46. The van der Waals surface area contributed by atoms with E-state index in [1.807, 2.05) is 37.3 Å². The zero-order valence-electron chi connectivity index (χ0n) is 8.20. The first-order valence-corrected chi connectivity index (χ1v) is 4.58. The Kier molecular flexibility index (Phi) is 3.96. The molecule has 1 aromatic carbocycles. The van der Waals surface area contributed by atoms with Gasteiger partial charge in [-0.05, 0) is 24.6 Å². The molecule has 0 aromatic heterocycles. The number of nitrogens with zero attached hydrogens (tertiary/aromatic N) is 1. The molecule has 14 heavy (non-hydrogen) atoms. The van der Waals surface area contributed by atoms with Gasteiger partial charge < -0.3 is 10.4 Å². The van der Waals surface area contributed by atoms with Crippen molar-refractivity contribution in [3.05, 3.63) is 29.8 Å². The third-order valence-electron chi connectivity index (χ3n) is 1.89. The van der Waals surface area contributed by atoms with Gasteiger partial charge >= 0.3 is 0 Å². The molecule has 0 saturated carbocycles. The molecule has 1 aromatic rings. The first-order chi connectivity index (χ1) is 6.72. The molecule has 0 aliphatic carbocycles. The van der Waals surface area contributed by atoms with E-state index in [1.165, 1.54) is 5.56 Å². The standard InChI is InChI=1S/C11H14N2O/c1-9-3-2-4-10(7-9)13-8-11(14)5-6-12/h2-4,7,11,13-14H,5,8H2,1H3. The summed E-state index contributed by atoms with van der Waals surface area (Å²) >= 11 is 0. The molecule has 1 unspecified atom stereocenters. The summed E-state index contributed by atoms with van der Waals surface area (Å²) in [5.74, 6) is 0. The second-order valence-corrected chi connectivity index (χ2v) is 3.27. The number of hydrogen-bond acceptors (Lipinski definition) is 3. The monoisotopic (exact) mass is 190 g/mol. The van der Waals surface area contributed by atoms with Crippen LogP contribution in [0.2, 0.25) is 0 Å². The summed E-state index contributed by atoms with van der Waals surface area (Å²) in [5, 5.41) is 20.7. The first-order valence-electron chi connectivity index (χ1n) is 4.58. The Morgan fingerprint density at radius 3 is 3.00 bits per heavy atom. The van der Waals surface area contributed by atoms with Crippen LogP contribution in [0.15, 0.2) is 24.3 Å². The Morgan fingerprint density at radius 2 is 2.36 bits per heavy atom. The highest BCUT2D eigenvalue weighted by molar-refractivity contribution is 5.45. The van der Waals surface area contributed by atoms with Gasteiger partial charge in [0.1, 0.15) is 0 Å². The molecule has 1 rings (SSSR count). The third-order valence-corrected chi connectivity index (χ3v) is 1.89. The Hall–Kier alpha value is -1.53. The van der Waals surface area contributed by atoms with Crippen LogP contribution in [-0.2, 0) is 0 Å². The van der Waals surface area contributed by atoms with Gasteiger partial charge in [-0.1, -0.05) is 12.1 Å². The van der Waals surface area contributed by atoms with Gasteiger partial charge in [0.2, 0.25) is 0 Å². The normalized spacial score (nSPS) is 11.8. The van der Waals surface area contributed by atoms with Crippen molar-refractivity contribution in [2.24, 2.45) is 0 Å². The molecule has 0 aliphatic rings. The molecule has 0 amide bonds. The van der Waals surface area contributed by atoms with E-state index in [4.69, 9.17) is 5.26 Å². The topological polar surface area (TPSA) is 56.0 Å². The summed E-state index contributed by atoms with van der Waals surface area (Å²) in [4.78, 5) is 0. The van der Waals surface area contributed by atoms with Gasteiger partial charge in [0.15, 0.2) is 0 Å². The van der Waals surface area contributed by atoms with E-state index in [9.17, 15) is 5.11 Å². The lowest BCUT2D eigenvalue weighted by molar-refractivity contribution is 0.193. The van der Waals surface area contributed by atoms with Crippen LogP contribution < -0.4 is 5.32 Å². The van der Waals surface area contributed by atoms with Crippen LogP contribution in [-0.4, -0.2) is 17.8 Å². The molecule has 1 atom stereocenters. The van der Waals surface area contributed by atoms with E-state index >= 15 is 0 Å². The number of nitriles is 1. The van der Waals surface area contributed by atoms with E-state index in [1.54, 1.807) is 0 Å². The maximum absolute atomic E-state index is 9.29. The summed E-state index contributed by atoms with van der Waals surface area (Å²) in [6, 6.07) is 9.82. The zero-order valence-corrected chi connectivity index (χ0v) is 8.20. The van der Waals surface area contributed by atoms with Crippen LogP contribution in [0.25, 0.3) is 0 Å². The molecule has 74 valence electrons. The minimum absolute atomic E-state index is 0.165. The van der Waals surface area contributed by atoms with Gasteiger partial charge in [0.25, 0.3) is 0 Å². The minimum atomic E-state index is -0.597. The van der Waals surface area contributed by atoms with Gasteiger partial charge in [-0.2, -0.15) is 5.26 Å². The molecule has 0 bridgehead atoms. The molecule has 3 nitrogen and oxygen atoms in total. The van der Waals surface area contributed by atoms with E-state index in [0.29, 0.717) is 6.54 Å². The molecule has 3 heteroatoms. The predicted octanol–water partition coefficient (Wildman–Crippen LogP) is 1.68. The first kappa shape index (κ1) is 10.6. The summed E-state index contributed by atoms with van der Waals surface area (Å²) < 4.78 is 0. The number of rotatable bonds is 4. The number of hydrogen-bond donors (Lipinski definition) is 2. The number of nitrogens with one attached hydrogen (secondary N) is 1. The number of aliphatic hydroxyl groups is 1. The number of aryl methyl sites for hydroxylation is 1. The number of anilines is 1. The minimum Gasteiger partial charge on any atom is -0.390 e. The fourth-order valence-electron chi connectivity index (χ4n) is 1.17. The highest BCUT2D eigenvalue weighted by Gasteiger charge is 2.01. The lowest BCUT2D eigenvalue weighted by atomic mass is 10.2. The molecule has 0 fully saturated rings. The Bertz CT molecular complexity index is 330. The van der Waals surface area contributed by atoms with Crippen molar-refractivity contribution >= 4 is 5.69 Å². The Morgan fingerprint density at radius 1 is 1.57 bits per heavy atom. The molecule has 2 N–H and O–H groups in total. The summed E-state index contributed by atoms with van der Waals surface area (Å²) in [7, 11) is 0. The van der Waals surface area contributed by atoms with Crippen molar-refractivity contribution in [3.63, 3.8) is 0 Å². The largest absolute Gasteiger partial charge is 0.390 e. The van der Waals surface area contributed by atoms with Crippen molar-refractivity contribution in [1.29, 1.82) is 5.26 Å². The van der Waals surface area contributed by atoms with E-state index in [0.717, 1.165) is 5.69 Å². The van der Waals surface area contributed by atoms with Gasteiger partial charge in [-0.15, -0.1) is 0 Å². The SMILES string of the molecule is Cc1cccc(NCC(O)CC#N)c1. The van der Waals surface area contributed by atoms with Gasteiger partial charge in [-0.3, -0.25) is 0 Å². The molecule has 0 heterocycles. The second kappa shape index (κ2) is 5.25. The summed E-state index contributed by atoms with van der Waals surface area (Å²) in [5.41, 5.74) is 2.15. The highest BCUT2D eigenvalue weighted by atomic mass is 16.3. The Balaban J connectivity index is 2.42. The van der Waals surface area contributed by atoms with Gasteiger partial charge in [-0.25, -0.2) is 0 Å². The van der Waals surface area contributed by atoms with Crippen molar-refractivity contribution in [1.82, 2.24) is 0 Å². The van der Waals surface area contributed by atoms with E-state index in [2.05, 4.69) is 5.32 Å². The summed E-state index contributed by atoms with van der Waals surface area (Å²) in [6.45, 7) is 2.42. The molecule has 0 saturated heterocycles. The zero-order chi connectivity index (χ0) is 10.4. The van der Waals surface area contributed by atoms with Gasteiger partial charge in [0.05, 0.1) is 18.6 Å². The molecule has 0 spiro atoms. The molecule has 0 aliphatic heterocycles. The average Bonchev–Trinajstić information content (AvgIpc) is 2.15. The van der Waals surface area contributed by atoms with Crippen molar-refractivity contribution < 1.29 is 5.11 Å². The fourth-order valence-corrected chi connectivity index (χ4v) is 1.17. The molecular weight excluding hydrogens is 176 g/mol. The second-order valence-electron chi connectivity index (χ2n) is 3.27. The van der Waals surface area contributed by atoms with Gasteiger partial charge in [0, 0.05) is 12.2 Å². The van der Waals surface area contributed by atoms with Crippen LogP contribution in [0, 0.1) is 18.3 Å². The highest BCUT2D eigenvalue weighted by Crippen LogP contribution is 2.09. The predicted molar refractivity (Wildman–Crippen MR) is 55.9 cm³/mol. The smallest absolute Gasteiger partial charge is 0.0842 e. The van der Waals surface area contributed by atoms with Crippen LogP contribution >= 0.6 is 0 Å². The average molecular weight is 190 g/mol. The fraction of sp³-hybridized carbons (Fsp3) is 0.364. The quantitative estimate of drug-likeness (QED) is 0.759. The molecular formula is C11H14N2O. The van der Waals surface area contributed by atoms with E-state index in [-0.39, 0.29) is 6.42 Å². The maximum Gasteiger partial charge on any atom is 0.0842 e. The lowest BCUT2D eigenvalue weighted by Crippen LogP contribution is -2.18. The maximum atomic E-state index is 9.29. The van der Waals surface area contributed by atoms with Crippen molar-refractivity contribution in [3.8, 4) is 6.07 Å². The Labute approximate surface area is 84.0 Å². The lowest BCUT2D eigenvalue weighted by Gasteiger charge is -2.09. The molecule has 0 radical (unpaired) electrons. The van der Waals surface area contributed by atoms with Crippen LogP contribution in [0.5, 0.6) is 0 Å². The van der Waals surface area contributed by atoms with Crippen molar-refractivity contribution in [2.45, 2.75) is 19.4 Å². The number of benzene rings is 1. The van der Waals surface area contributed by atoms with Crippen LogP contribution in [0.4, 0.5) is 5.69 Å². The van der Waals surface area contributed by atoms with E-state index < -0.39 is 6.10 Å². The van der Waals surface area contributed by atoms with Crippen LogP contribution in [0.1, 0.15) is 12.0 Å². The van der Waals surface area contributed by atoms with Crippen molar-refractivity contribution in [2.75, 3.05) is 11.9 Å². The number of aliphatic hydroxyl groups excluding tert-OH is 1.